The third kappa shape index (κ3) is 79.9. The summed E-state index contributed by atoms with van der Waals surface area (Å²) in [6.07, 6.45) is 111. The second-order valence-electron chi connectivity index (χ2n) is 27.6. The van der Waals surface area contributed by atoms with Gasteiger partial charge in [0.2, 0.25) is 0 Å². The number of esters is 2. The molecule has 10 heteroatoms. The lowest BCUT2D eigenvalue weighted by Crippen LogP contribution is -2.29. The average Bonchev–Trinajstić information content (AvgIpc) is 1.90. The first-order chi connectivity index (χ1) is 47.3. The van der Waals surface area contributed by atoms with Crippen LogP contribution in [0.4, 0.5) is 0 Å². The van der Waals surface area contributed by atoms with Gasteiger partial charge in [-0.05, 0) is 77.0 Å². The van der Waals surface area contributed by atoms with Crippen LogP contribution in [0.3, 0.4) is 0 Å². The highest BCUT2D eigenvalue weighted by molar-refractivity contribution is 7.47. The molecule has 0 aromatic rings. The van der Waals surface area contributed by atoms with Gasteiger partial charge in [0.05, 0.1) is 13.2 Å². The summed E-state index contributed by atoms with van der Waals surface area (Å²) in [6.45, 7) is 3.69. The minimum Gasteiger partial charge on any atom is -0.462 e. The van der Waals surface area contributed by atoms with Crippen LogP contribution in [-0.2, 0) is 32.7 Å². The number of hydrogen-bond donors (Lipinski definition) is 2. The van der Waals surface area contributed by atoms with Crippen molar-refractivity contribution in [2.75, 3.05) is 26.4 Å². The van der Waals surface area contributed by atoms with Crippen LogP contribution in [0.1, 0.15) is 406 Å². The Balaban J connectivity index is 3.79. The molecular formula is C86H156NO8P. The van der Waals surface area contributed by atoms with E-state index in [0.717, 1.165) is 89.9 Å². The number of nitrogens with two attached hydrogens (primary N) is 1. The lowest BCUT2D eigenvalue weighted by Gasteiger charge is -2.19. The Morgan fingerprint density at radius 2 is 0.573 bits per heavy atom. The summed E-state index contributed by atoms with van der Waals surface area (Å²) >= 11 is 0. The van der Waals surface area contributed by atoms with Gasteiger partial charge < -0.3 is 20.1 Å². The standard InChI is InChI=1S/C86H156NO8P/c1-3-5-7-9-11-13-15-17-19-21-23-25-27-29-31-33-35-37-39-41-43-44-46-48-50-52-54-56-58-60-62-64-66-68-70-72-74-76-78-85(88)92-82-84(83-94-96(90,91)93-81-80-87)95-86(89)79-77-75-73-71-69-67-65-63-61-59-57-55-53-51-49-47-45-42-40-38-36-34-32-30-28-26-24-22-20-18-16-14-12-10-8-6-4-2/h6,8,12,14,18,20,24,26,30,32,36,38,42,45,49,51,84H,3-5,7,9-11,13,15-17,19,21-23,25,27-29,31,33-35,37,39-41,43-44,46-48,50,52-83,87H2,1-2H3,(H,90,91)/b8-6-,14-12-,20-18-,26-24-,32-30-,38-36-,45-42-,51-49-. The van der Waals surface area contributed by atoms with Gasteiger partial charge in [0, 0.05) is 19.4 Å². The molecule has 2 unspecified atom stereocenters. The average molecular weight is 1360 g/mol. The van der Waals surface area contributed by atoms with Gasteiger partial charge in [-0.25, -0.2) is 4.57 Å². The second-order valence-corrected chi connectivity index (χ2v) is 29.1. The molecular weight excluding hydrogens is 1210 g/mol. The van der Waals surface area contributed by atoms with E-state index >= 15 is 0 Å². The largest absolute Gasteiger partial charge is 0.472 e. The Morgan fingerprint density at radius 1 is 0.323 bits per heavy atom. The number of hydrogen-bond acceptors (Lipinski definition) is 8. The Bertz CT molecular complexity index is 1900. The van der Waals surface area contributed by atoms with Crippen molar-refractivity contribution < 1.29 is 37.6 Å². The number of carbonyl (C=O) groups excluding carboxylic acids is 2. The van der Waals surface area contributed by atoms with Crippen LogP contribution < -0.4 is 5.73 Å². The smallest absolute Gasteiger partial charge is 0.462 e. The molecule has 0 saturated heterocycles. The van der Waals surface area contributed by atoms with Gasteiger partial charge in [-0.2, -0.15) is 0 Å². The first kappa shape index (κ1) is 92.9. The van der Waals surface area contributed by atoms with Crippen molar-refractivity contribution in [1.82, 2.24) is 0 Å². The topological polar surface area (TPSA) is 134 Å². The Hall–Kier alpha value is -3.07. The van der Waals surface area contributed by atoms with Crippen LogP contribution in [0.5, 0.6) is 0 Å². The highest BCUT2D eigenvalue weighted by atomic mass is 31.2. The number of phosphoric acid groups is 1. The van der Waals surface area contributed by atoms with Gasteiger partial charge >= 0.3 is 19.8 Å². The summed E-state index contributed by atoms with van der Waals surface area (Å²) in [7, 11) is -4.40. The summed E-state index contributed by atoms with van der Waals surface area (Å²) in [4.78, 5) is 35.5. The molecule has 0 aliphatic rings. The molecule has 2 atom stereocenters. The molecule has 0 amide bonds. The van der Waals surface area contributed by atoms with E-state index in [-0.39, 0.29) is 38.6 Å². The van der Waals surface area contributed by atoms with Crippen molar-refractivity contribution in [3.63, 3.8) is 0 Å². The summed E-state index contributed by atoms with van der Waals surface area (Å²) in [5.74, 6) is -0.815. The van der Waals surface area contributed by atoms with Crippen molar-refractivity contribution in [3.8, 4) is 0 Å². The summed E-state index contributed by atoms with van der Waals surface area (Å²) < 4.78 is 33.3. The zero-order valence-electron chi connectivity index (χ0n) is 63.1. The zero-order valence-corrected chi connectivity index (χ0v) is 64.0. The predicted octanol–water partition coefficient (Wildman–Crippen LogP) is 27.8. The van der Waals surface area contributed by atoms with E-state index in [9.17, 15) is 19.0 Å². The normalized spacial score (nSPS) is 13.3. The van der Waals surface area contributed by atoms with E-state index in [2.05, 4.69) is 111 Å². The van der Waals surface area contributed by atoms with E-state index in [0.29, 0.717) is 6.42 Å². The fraction of sp³-hybridized carbons (Fsp3) is 0.791. The number of rotatable bonds is 78. The number of phosphoric ester groups is 1. The molecule has 0 radical (unpaired) electrons. The van der Waals surface area contributed by atoms with E-state index in [1.165, 1.54) is 283 Å². The van der Waals surface area contributed by atoms with Crippen molar-refractivity contribution in [1.29, 1.82) is 0 Å². The van der Waals surface area contributed by atoms with Crippen LogP contribution in [0.15, 0.2) is 97.2 Å². The van der Waals surface area contributed by atoms with Gasteiger partial charge in [0.25, 0.3) is 0 Å². The van der Waals surface area contributed by atoms with Gasteiger partial charge in [-0.1, -0.05) is 413 Å². The molecule has 0 spiro atoms. The maximum Gasteiger partial charge on any atom is 0.472 e. The second kappa shape index (κ2) is 80.9. The minimum atomic E-state index is -4.40. The molecule has 0 heterocycles. The third-order valence-electron chi connectivity index (χ3n) is 18.2. The molecule has 0 bridgehead atoms. The first-order valence-electron chi connectivity index (χ1n) is 41.2. The van der Waals surface area contributed by atoms with Crippen LogP contribution >= 0.6 is 7.82 Å². The maximum absolute atomic E-state index is 12.8. The molecule has 0 saturated carbocycles. The van der Waals surface area contributed by atoms with Crippen LogP contribution in [0.2, 0.25) is 0 Å². The molecule has 0 aliphatic heterocycles. The number of allylic oxidation sites excluding steroid dienone is 16. The molecule has 96 heavy (non-hydrogen) atoms. The zero-order chi connectivity index (χ0) is 69.3. The maximum atomic E-state index is 12.8. The number of carbonyl (C=O) groups is 2. The molecule has 9 nitrogen and oxygen atoms in total. The lowest BCUT2D eigenvalue weighted by atomic mass is 10.0. The summed E-state index contributed by atoms with van der Waals surface area (Å²) in [5, 5.41) is 0. The van der Waals surface area contributed by atoms with E-state index < -0.39 is 26.5 Å². The van der Waals surface area contributed by atoms with Crippen LogP contribution in [0, 0.1) is 0 Å². The highest BCUT2D eigenvalue weighted by Crippen LogP contribution is 2.43. The molecule has 0 rings (SSSR count). The molecule has 558 valence electrons. The summed E-state index contributed by atoms with van der Waals surface area (Å²) in [6, 6.07) is 0. The van der Waals surface area contributed by atoms with Crippen molar-refractivity contribution in [2.24, 2.45) is 5.73 Å². The molecule has 3 N–H and O–H groups in total. The van der Waals surface area contributed by atoms with Crippen molar-refractivity contribution in [3.05, 3.63) is 97.2 Å². The summed E-state index contributed by atoms with van der Waals surface area (Å²) in [5.41, 5.74) is 5.42. The molecule has 0 aromatic heterocycles. The van der Waals surface area contributed by atoms with Gasteiger partial charge in [0.15, 0.2) is 6.10 Å². The van der Waals surface area contributed by atoms with Crippen molar-refractivity contribution in [2.45, 2.75) is 412 Å². The van der Waals surface area contributed by atoms with Crippen LogP contribution in [-0.4, -0.2) is 49.3 Å². The predicted molar refractivity (Wildman–Crippen MR) is 418 cm³/mol. The van der Waals surface area contributed by atoms with E-state index in [1.807, 2.05) is 0 Å². The first-order valence-corrected chi connectivity index (χ1v) is 42.7. The molecule has 0 fully saturated rings. The third-order valence-corrected chi connectivity index (χ3v) is 19.2. The Morgan fingerprint density at radius 3 is 0.854 bits per heavy atom. The number of ether oxygens (including phenoxy) is 2. The minimum absolute atomic E-state index is 0.0517. The highest BCUT2D eigenvalue weighted by Gasteiger charge is 2.26. The van der Waals surface area contributed by atoms with Crippen LogP contribution in [0.25, 0.3) is 0 Å². The van der Waals surface area contributed by atoms with E-state index in [4.69, 9.17) is 24.3 Å². The SMILES string of the molecule is CC/C=C\C/C=C\C/C=C\C/C=C\C/C=C\C/C=C\C/C=C\C/C=C\CCCCCCCCCCCCCCC(=O)OC(COC(=O)CCCCCCCCCCCCCCCCCCCCCCCCCCCCCCCCCCCCCCCC)COP(=O)(O)OCCN. The fourth-order valence-electron chi connectivity index (χ4n) is 12.2. The molecule has 0 aromatic carbocycles. The molecule has 0 aliphatic carbocycles. The Labute approximate surface area is 595 Å². The van der Waals surface area contributed by atoms with Gasteiger partial charge in [0.1, 0.15) is 6.61 Å². The number of unbranched alkanes of at least 4 members (excludes halogenated alkanes) is 49. The van der Waals surface area contributed by atoms with E-state index in [1.54, 1.807) is 0 Å². The quantitative estimate of drug-likeness (QED) is 0.0264. The Kier molecular flexibility index (Phi) is 78.3. The lowest BCUT2D eigenvalue weighted by molar-refractivity contribution is -0.161. The van der Waals surface area contributed by atoms with Gasteiger partial charge in [-0.3, -0.25) is 18.6 Å². The monoisotopic (exact) mass is 1360 g/mol. The van der Waals surface area contributed by atoms with Gasteiger partial charge in [-0.15, -0.1) is 0 Å². The fourth-order valence-corrected chi connectivity index (χ4v) is 13.0. The van der Waals surface area contributed by atoms with Crippen molar-refractivity contribution >= 4 is 19.8 Å².